The Morgan fingerprint density at radius 2 is 1.90 bits per heavy atom. The van der Waals surface area contributed by atoms with E-state index in [1.54, 1.807) is 0 Å². The van der Waals surface area contributed by atoms with E-state index in [9.17, 15) is 0 Å². The zero-order chi connectivity index (χ0) is 14.7. The summed E-state index contributed by atoms with van der Waals surface area (Å²) in [5, 5.41) is 0. The van der Waals surface area contributed by atoms with Crippen LogP contribution >= 0.6 is 15.9 Å². The molecule has 2 aromatic rings. The first kappa shape index (κ1) is 14.8. The average molecular weight is 345 g/mol. The van der Waals surface area contributed by atoms with E-state index in [2.05, 4.69) is 63.3 Å². The summed E-state index contributed by atoms with van der Waals surface area (Å²) >= 11 is 3.51. The van der Waals surface area contributed by atoms with Gasteiger partial charge in [-0.05, 0) is 41.7 Å². The summed E-state index contributed by atoms with van der Waals surface area (Å²) in [7, 11) is 0. The Hall–Kier alpha value is -1.16. The molecule has 110 valence electrons. The molecule has 0 radical (unpaired) electrons. The first-order valence-electron chi connectivity index (χ1n) is 7.52. The van der Waals surface area contributed by atoms with Crippen molar-refractivity contribution in [3.63, 3.8) is 0 Å². The fraction of sp³-hybridized carbons (Fsp3) is 0.333. The number of hydrogen-bond donors (Lipinski definition) is 1. The number of benzene rings is 2. The Morgan fingerprint density at radius 1 is 1.10 bits per heavy atom. The molecule has 0 aromatic heterocycles. The number of halogens is 1. The van der Waals surface area contributed by atoms with Crippen LogP contribution in [-0.2, 0) is 13.0 Å². The van der Waals surface area contributed by atoms with Crippen LogP contribution < -0.4 is 5.73 Å². The second-order valence-corrected chi connectivity index (χ2v) is 6.66. The fourth-order valence-corrected chi connectivity index (χ4v) is 3.39. The Morgan fingerprint density at radius 3 is 2.71 bits per heavy atom. The van der Waals surface area contributed by atoms with E-state index in [0.29, 0.717) is 0 Å². The van der Waals surface area contributed by atoms with Crippen molar-refractivity contribution in [1.29, 1.82) is 0 Å². The van der Waals surface area contributed by atoms with Crippen molar-refractivity contribution >= 4 is 15.9 Å². The van der Waals surface area contributed by atoms with Gasteiger partial charge in [0, 0.05) is 30.1 Å². The van der Waals surface area contributed by atoms with Gasteiger partial charge in [-0.2, -0.15) is 0 Å². The molecule has 1 aliphatic rings. The third kappa shape index (κ3) is 3.73. The third-order valence-electron chi connectivity index (χ3n) is 4.24. The quantitative estimate of drug-likeness (QED) is 0.911. The van der Waals surface area contributed by atoms with Gasteiger partial charge in [0.05, 0.1) is 0 Å². The lowest BCUT2D eigenvalue weighted by molar-refractivity contribution is 0.244. The summed E-state index contributed by atoms with van der Waals surface area (Å²) in [5.41, 5.74) is 10.5. The Bertz CT molecular complexity index is 612. The molecular weight excluding hydrogens is 324 g/mol. The van der Waals surface area contributed by atoms with Crippen LogP contribution in [0.15, 0.2) is 53.0 Å². The van der Waals surface area contributed by atoms with E-state index in [0.717, 1.165) is 36.9 Å². The lowest BCUT2D eigenvalue weighted by Crippen LogP contribution is -2.32. The number of nitrogens with two attached hydrogens (primary N) is 1. The van der Waals surface area contributed by atoms with Crippen LogP contribution in [-0.4, -0.2) is 18.0 Å². The third-order valence-corrected chi connectivity index (χ3v) is 4.74. The molecule has 0 amide bonds. The van der Waals surface area contributed by atoms with Crippen molar-refractivity contribution in [1.82, 2.24) is 4.90 Å². The van der Waals surface area contributed by atoms with Gasteiger partial charge in [-0.1, -0.05) is 52.3 Å². The van der Waals surface area contributed by atoms with Crippen molar-refractivity contribution < 1.29 is 0 Å². The van der Waals surface area contributed by atoms with Crippen molar-refractivity contribution in [2.45, 2.75) is 25.4 Å². The van der Waals surface area contributed by atoms with Crippen LogP contribution in [0.1, 0.15) is 29.2 Å². The van der Waals surface area contributed by atoms with E-state index >= 15 is 0 Å². The molecule has 0 saturated carbocycles. The summed E-state index contributed by atoms with van der Waals surface area (Å²) < 4.78 is 1.10. The number of nitrogens with zero attached hydrogens (tertiary/aromatic N) is 1. The standard InChI is InChI=1S/C18H21BrN2/c19-17-7-3-6-15(12-17)18(20)9-11-21-10-8-14-4-1-2-5-16(14)13-21/h1-7,12,18H,8-11,13,20H2. The van der Waals surface area contributed by atoms with Gasteiger partial charge in [-0.15, -0.1) is 0 Å². The molecule has 2 nitrogen and oxygen atoms in total. The smallest absolute Gasteiger partial charge is 0.0307 e. The number of rotatable bonds is 4. The molecule has 1 atom stereocenters. The molecule has 2 N–H and O–H groups in total. The topological polar surface area (TPSA) is 29.3 Å². The van der Waals surface area contributed by atoms with Gasteiger partial charge in [-0.3, -0.25) is 4.90 Å². The predicted molar refractivity (Wildman–Crippen MR) is 91.1 cm³/mol. The minimum atomic E-state index is 0.111. The molecule has 0 saturated heterocycles. The fourth-order valence-electron chi connectivity index (χ4n) is 2.97. The van der Waals surface area contributed by atoms with Gasteiger partial charge < -0.3 is 5.73 Å². The van der Waals surface area contributed by atoms with Crippen LogP contribution in [0.25, 0.3) is 0 Å². The molecule has 0 bridgehead atoms. The van der Waals surface area contributed by atoms with Gasteiger partial charge in [0.15, 0.2) is 0 Å². The molecular formula is C18H21BrN2. The maximum Gasteiger partial charge on any atom is 0.0307 e. The summed E-state index contributed by atoms with van der Waals surface area (Å²) in [6.07, 6.45) is 2.15. The second-order valence-electron chi connectivity index (χ2n) is 5.75. The molecule has 3 heteroatoms. The lowest BCUT2D eigenvalue weighted by Gasteiger charge is -2.29. The zero-order valence-electron chi connectivity index (χ0n) is 12.1. The second kappa shape index (κ2) is 6.73. The molecule has 2 aromatic carbocycles. The van der Waals surface area contributed by atoms with Gasteiger partial charge >= 0.3 is 0 Å². The average Bonchev–Trinajstić information content (AvgIpc) is 2.52. The first-order chi connectivity index (χ1) is 10.2. The van der Waals surface area contributed by atoms with E-state index in [-0.39, 0.29) is 6.04 Å². The van der Waals surface area contributed by atoms with Gasteiger partial charge in [0.25, 0.3) is 0 Å². The zero-order valence-corrected chi connectivity index (χ0v) is 13.7. The summed E-state index contributed by atoms with van der Waals surface area (Å²) in [6, 6.07) is 17.2. The van der Waals surface area contributed by atoms with Crippen LogP contribution in [0.4, 0.5) is 0 Å². The van der Waals surface area contributed by atoms with E-state index in [1.807, 2.05) is 6.07 Å². The minimum Gasteiger partial charge on any atom is -0.324 e. The predicted octanol–water partition coefficient (Wildman–Crippen LogP) is 3.90. The molecule has 3 rings (SSSR count). The molecule has 1 aliphatic heterocycles. The number of fused-ring (bicyclic) bond motifs is 1. The van der Waals surface area contributed by atoms with Crippen LogP contribution in [0, 0.1) is 0 Å². The SMILES string of the molecule is NC(CCN1CCc2ccccc2C1)c1cccc(Br)c1. The minimum absolute atomic E-state index is 0.111. The van der Waals surface area contributed by atoms with E-state index < -0.39 is 0 Å². The molecule has 0 aliphatic carbocycles. The van der Waals surface area contributed by atoms with Crippen LogP contribution in [0.3, 0.4) is 0 Å². The van der Waals surface area contributed by atoms with Gasteiger partial charge in [0.1, 0.15) is 0 Å². The van der Waals surface area contributed by atoms with Crippen molar-refractivity contribution in [2.75, 3.05) is 13.1 Å². The van der Waals surface area contributed by atoms with E-state index in [4.69, 9.17) is 5.73 Å². The van der Waals surface area contributed by atoms with Crippen molar-refractivity contribution in [3.8, 4) is 0 Å². The molecule has 0 fully saturated rings. The Labute approximate surface area is 135 Å². The van der Waals surface area contributed by atoms with Gasteiger partial charge in [-0.25, -0.2) is 0 Å². The monoisotopic (exact) mass is 344 g/mol. The van der Waals surface area contributed by atoms with Crippen LogP contribution in [0.2, 0.25) is 0 Å². The summed E-state index contributed by atoms with van der Waals surface area (Å²) in [6.45, 7) is 3.26. The Kier molecular flexibility index (Phi) is 4.73. The first-order valence-corrected chi connectivity index (χ1v) is 8.32. The van der Waals surface area contributed by atoms with Crippen molar-refractivity contribution in [3.05, 3.63) is 69.7 Å². The maximum atomic E-state index is 6.33. The normalized spacial score (nSPS) is 16.5. The largest absolute Gasteiger partial charge is 0.324 e. The highest BCUT2D eigenvalue weighted by molar-refractivity contribution is 9.10. The highest BCUT2D eigenvalue weighted by Gasteiger charge is 2.16. The highest BCUT2D eigenvalue weighted by Crippen LogP contribution is 2.22. The highest BCUT2D eigenvalue weighted by atomic mass is 79.9. The lowest BCUT2D eigenvalue weighted by atomic mass is 9.99. The maximum absolute atomic E-state index is 6.33. The van der Waals surface area contributed by atoms with Gasteiger partial charge in [0.2, 0.25) is 0 Å². The molecule has 0 spiro atoms. The number of hydrogen-bond acceptors (Lipinski definition) is 2. The Balaban J connectivity index is 1.57. The van der Waals surface area contributed by atoms with Crippen LogP contribution in [0.5, 0.6) is 0 Å². The molecule has 1 heterocycles. The molecule has 21 heavy (non-hydrogen) atoms. The van der Waals surface area contributed by atoms with E-state index in [1.165, 1.54) is 16.7 Å². The summed E-state index contributed by atoms with van der Waals surface area (Å²) in [5.74, 6) is 0. The summed E-state index contributed by atoms with van der Waals surface area (Å²) in [4.78, 5) is 2.51. The van der Waals surface area contributed by atoms with Crippen molar-refractivity contribution in [2.24, 2.45) is 5.73 Å². The molecule has 1 unspecified atom stereocenters.